The van der Waals surface area contributed by atoms with Gasteiger partial charge in [-0.1, -0.05) is 41.9 Å². The Morgan fingerprint density at radius 2 is 2.14 bits per heavy atom. The molecule has 14 heavy (non-hydrogen) atoms. The van der Waals surface area contributed by atoms with Crippen molar-refractivity contribution in [2.24, 2.45) is 0 Å². The third-order valence-corrected chi connectivity index (χ3v) is 3.49. The number of hydrogen-bond donors (Lipinski definition) is 0. The highest BCUT2D eigenvalue weighted by Gasteiger charge is 2.28. The van der Waals surface area contributed by atoms with Crippen molar-refractivity contribution in [3.05, 3.63) is 34.9 Å². The molecule has 1 aliphatic carbocycles. The molecule has 74 valence electrons. The highest BCUT2D eigenvalue weighted by atomic mass is 79.9. The van der Waals surface area contributed by atoms with Gasteiger partial charge in [0.05, 0.1) is 4.83 Å². The SMILES string of the molecule is CC(C)c1ccc2c(c1)C(=O)C(Br)C2. The second-order valence-corrected chi connectivity index (χ2v) is 5.21. The predicted molar refractivity (Wildman–Crippen MR) is 61.3 cm³/mol. The van der Waals surface area contributed by atoms with E-state index in [4.69, 9.17) is 0 Å². The number of hydrogen-bond acceptors (Lipinski definition) is 1. The van der Waals surface area contributed by atoms with Crippen molar-refractivity contribution in [3.63, 3.8) is 0 Å². The summed E-state index contributed by atoms with van der Waals surface area (Å²) in [6, 6.07) is 6.26. The summed E-state index contributed by atoms with van der Waals surface area (Å²) < 4.78 is 0. The summed E-state index contributed by atoms with van der Waals surface area (Å²) >= 11 is 3.40. The molecule has 1 unspecified atom stereocenters. The number of benzene rings is 1. The van der Waals surface area contributed by atoms with Crippen LogP contribution in [-0.2, 0) is 6.42 Å². The minimum Gasteiger partial charge on any atom is -0.293 e. The first-order valence-corrected chi connectivity index (χ1v) is 5.82. The molecule has 1 nitrogen and oxygen atoms in total. The largest absolute Gasteiger partial charge is 0.293 e. The molecule has 0 N–H and O–H groups in total. The van der Waals surface area contributed by atoms with Gasteiger partial charge in [-0.3, -0.25) is 4.79 Å². The molecule has 0 fully saturated rings. The van der Waals surface area contributed by atoms with Gasteiger partial charge in [-0.2, -0.15) is 0 Å². The van der Waals surface area contributed by atoms with Gasteiger partial charge in [0, 0.05) is 5.56 Å². The fraction of sp³-hybridized carbons (Fsp3) is 0.417. The highest BCUT2D eigenvalue weighted by molar-refractivity contribution is 9.10. The molecule has 1 aromatic carbocycles. The fourth-order valence-corrected chi connectivity index (χ4v) is 2.41. The summed E-state index contributed by atoms with van der Waals surface area (Å²) in [6.45, 7) is 4.29. The van der Waals surface area contributed by atoms with Gasteiger partial charge < -0.3 is 0 Å². The summed E-state index contributed by atoms with van der Waals surface area (Å²) in [5.74, 6) is 0.727. The molecule has 1 aromatic rings. The summed E-state index contributed by atoms with van der Waals surface area (Å²) in [5, 5.41) is 0. The maximum atomic E-state index is 11.7. The maximum Gasteiger partial charge on any atom is 0.177 e. The molecule has 0 saturated heterocycles. The van der Waals surface area contributed by atoms with Crippen LogP contribution in [0.15, 0.2) is 18.2 Å². The van der Waals surface area contributed by atoms with Gasteiger partial charge in [0.15, 0.2) is 5.78 Å². The number of carbonyl (C=O) groups is 1. The number of halogens is 1. The zero-order valence-corrected chi connectivity index (χ0v) is 9.97. The number of rotatable bonds is 1. The molecule has 0 aliphatic heterocycles. The number of fused-ring (bicyclic) bond motifs is 1. The van der Waals surface area contributed by atoms with Gasteiger partial charge in [0.2, 0.25) is 0 Å². The van der Waals surface area contributed by atoms with Crippen molar-refractivity contribution >= 4 is 21.7 Å². The lowest BCUT2D eigenvalue weighted by Gasteiger charge is -2.06. The van der Waals surface area contributed by atoms with Crippen LogP contribution in [0.1, 0.15) is 41.3 Å². The zero-order chi connectivity index (χ0) is 10.3. The maximum absolute atomic E-state index is 11.7. The number of carbonyl (C=O) groups excluding carboxylic acids is 1. The first-order chi connectivity index (χ1) is 6.59. The number of ketones is 1. The van der Waals surface area contributed by atoms with Crippen LogP contribution in [0.4, 0.5) is 0 Å². The van der Waals surface area contributed by atoms with Crippen molar-refractivity contribution < 1.29 is 4.79 Å². The molecule has 2 rings (SSSR count). The second-order valence-electron chi connectivity index (χ2n) is 4.11. The monoisotopic (exact) mass is 252 g/mol. The van der Waals surface area contributed by atoms with Crippen LogP contribution in [-0.4, -0.2) is 10.6 Å². The molecule has 0 spiro atoms. The van der Waals surface area contributed by atoms with Gasteiger partial charge >= 0.3 is 0 Å². The van der Waals surface area contributed by atoms with Gasteiger partial charge in [-0.15, -0.1) is 0 Å². The lowest BCUT2D eigenvalue weighted by atomic mass is 9.98. The molecule has 0 bridgehead atoms. The van der Waals surface area contributed by atoms with Crippen molar-refractivity contribution in [1.82, 2.24) is 0 Å². The van der Waals surface area contributed by atoms with E-state index in [0.29, 0.717) is 5.92 Å². The Labute approximate surface area is 92.6 Å². The van der Waals surface area contributed by atoms with Crippen LogP contribution in [0, 0.1) is 0 Å². The smallest absolute Gasteiger partial charge is 0.177 e. The first-order valence-electron chi connectivity index (χ1n) is 4.90. The standard InChI is InChI=1S/C12H13BrO/c1-7(2)8-3-4-9-6-11(13)12(14)10(9)5-8/h3-5,7,11H,6H2,1-2H3. The topological polar surface area (TPSA) is 17.1 Å². The minimum absolute atomic E-state index is 0.0000813. The van der Waals surface area contributed by atoms with E-state index in [9.17, 15) is 4.79 Å². The van der Waals surface area contributed by atoms with Gasteiger partial charge in [0.1, 0.15) is 0 Å². The quantitative estimate of drug-likeness (QED) is 0.702. The molecule has 0 aromatic heterocycles. The highest BCUT2D eigenvalue weighted by Crippen LogP contribution is 2.29. The molecule has 2 heteroatoms. The summed E-state index contributed by atoms with van der Waals surface area (Å²) in [6.07, 6.45) is 0.840. The molecule has 1 aliphatic rings. The molecule has 0 heterocycles. The normalized spacial score (nSPS) is 20.3. The summed E-state index contributed by atoms with van der Waals surface area (Å²) in [7, 11) is 0. The Bertz CT molecular complexity index is 382. The molecule has 0 saturated carbocycles. The van der Waals surface area contributed by atoms with Crippen LogP contribution >= 0.6 is 15.9 Å². The second kappa shape index (κ2) is 3.50. The van der Waals surface area contributed by atoms with Crippen LogP contribution < -0.4 is 0 Å². The predicted octanol–water partition coefficient (Wildman–Crippen LogP) is 3.31. The van der Waals surface area contributed by atoms with E-state index in [2.05, 4.69) is 41.9 Å². The average Bonchev–Trinajstić information content (AvgIpc) is 2.43. The van der Waals surface area contributed by atoms with E-state index in [1.807, 2.05) is 6.07 Å². The first kappa shape index (κ1) is 9.91. The van der Waals surface area contributed by atoms with E-state index in [0.717, 1.165) is 12.0 Å². The van der Waals surface area contributed by atoms with Crippen LogP contribution in [0.5, 0.6) is 0 Å². The molecule has 0 amide bonds. The zero-order valence-electron chi connectivity index (χ0n) is 8.38. The molecular formula is C12H13BrO. The summed E-state index contributed by atoms with van der Waals surface area (Å²) in [4.78, 5) is 11.7. The van der Waals surface area contributed by atoms with Gasteiger partial charge in [-0.05, 0) is 29.5 Å². The minimum atomic E-state index is -0.0000813. The molecule has 1 atom stereocenters. The van der Waals surface area contributed by atoms with Crippen molar-refractivity contribution in [1.29, 1.82) is 0 Å². The third-order valence-electron chi connectivity index (χ3n) is 2.75. The van der Waals surface area contributed by atoms with E-state index in [1.54, 1.807) is 0 Å². The van der Waals surface area contributed by atoms with Crippen molar-refractivity contribution in [2.45, 2.75) is 31.0 Å². The van der Waals surface area contributed by atoms with Gasteiger partial charge in [0.25, 0.3) is 0 Å². The van der Waals surface area contributed by atoms with Crippen LogP contribution in [0.25, 0.3) is 0 Å². The van der Waals surface area contributed by atoms with Crippen molar-refractivity contribution in [3.8, 4) is 0 Å². The summed E-state index contributed by atoms with van der Waals surface area (Å²) in [5.41, 5.74) is 3.35. The Hall–Kier alpha value is -0.630. The molecule has 0 radical (unpaired) electrons. The van der Waals surface area contributed by atoms with Crippen molar-refractivity contribution in [2.75, 3.05) is 0 Å². The average molecular weight is 253 g/mol. The number of Topliss-reactive ketones (excluding diaryl/α,β-unsaturated/α-hetero) is 1. The Morgan fingerprint density at radius 1 is 1.43 bits per heavy atom. The van der Waals surface area contributed by atoms with E-state index in [-0.39, 0.29) is 10.6 Å². The van der Waals surface area contributed by atoms with Crippen LogP contribution in [0.2, 0.25) is 0 Å². The van der Waals surface area contributed by atoms with E-state index < -0.39 is 0 Å². The van der Waals surface area contributed by atoms with E-state index in [1.165, 1.54) is 11.1 Å². The lowest BCUT2D eigenvalue weighted by Crippen LogP contribution is -2.06. The number of alkyl halides is 1. The third kappa shape index (κ3) is 1.52. The van der Waals surface area contributed by atoms with Crippen LogP contribution in [0.3, 0.4) is 0 Å². The van der Waals surface area contributed by atoms with Gasteiger partial charge in [-0.25, -0.2) is 0 Å². The Kier molecular flexibility index (Phi) is 2.48. The Balaban J connectivity index is 2.46. The van der Waals surface area contributed by atoms with E-state index >= 15 is 0 Å². The fourth-order valence-electron chi connectivity index (χ4n) is 1.82. The Morgan fingerprint density at radius 3 is 2.79 bits per heavy atom. The lowest BCUT2D eigenvalue weighted by molar-refractivity contribution is 0.100. The molecular weight excluding hydrogens is 240 g/mol.